The van der Waals surface area contributed by atoms with Crippen molar-refractivity contribution in [3.8, 4) is 0 Å². The van der Waals surface area contributed by atoms with E-state index in [9.17, 15) is 0 Å². The fourth-order valence-corrected chi connectivity index (χ4v) is 3.30. The minimum Gasteiger partial charge on any atom is -0.356 e. The van der Waals surface area contributed by atoms with Gasteiger partial charge in [-0.2, -0.15) is 0 Å². The predicted octanol–water partition coefficient (Wildman–Crippen LogP) is 3.87. The molecule has 18 heavy (non-hydrogen) atoms. The summed E-state index contributed by atoms with van der Waals surface area (Å²) in [6.45, 7) is 2.33. The highest BCUT2D eigenvalue weighted by atomic mass is 35.5. The van der Waals surface area contributed by atoms with Gasteiger partial charge in [0.25, 0.3) is 0 Å². The first kappa shape index (κ1) is 13.9. The van der Waals surface area contributed by atoms with Gasteiger partial charge in [-0.05, 0) is 25.0 Å². The van der Waals surface area contributed by atoms with Crippen LogP contribution in [-0.2, 0) is 0 Å². The minimum absolute atomic E-state index is 0.527. The largest absolute Gasteiger partial charge is 0.356 e. The van der Waals surface area contributed by atoms with E-state index in [1.807, 2.05) is 12.3 Å². The maximum absolute atomic E-state index is 6.06. The van der Waals surface area contributed by atoms with Gasteiger partial charge in [-0.3, -0.25) is 0 Å². The molecule has 0 saturated heterocycles. The van der Waals surface area contributed by atoms with Crippen molar-refractivity contribution in [2.24, 2.45) is 5.92 Å². The van der Waals surface area contributed by atoms with Crippen molar-refractivity contribution in [2.45, 2.75) is 43.8 Å². The Labute approximate surface area is 118 Å². The highest BCUT2D eigenvalue weighted by Crippen LogP contribution is 2.30. The molecule has 0 radical (unpaired) electrons. The van der Waals surface area contributed by atoms with Crippen molar-refractivity contribution >= 4 is 29.2 Å². The van der Waals surface area contributed by atoms with E-state index in [1.54, 1.807) is 0 Å². The van der Waals surface area contributed by atoms with Crippen LogP contribution in [0.15, 0.2) is 11.2 Å². The zero-order chi connectivity index (χ0) is 13.1. The quantitative estimate of drug-likeness (QED) is 0.479. The second kappa shape index (κ2) is 6.11. The van der Waals surface area contributed by atoms with E-state index >= 15 is 0 Å². The molecule has 1 aromatic heterocycles. The van der Waals surface area contributed by atoms with Crippen LogP contribution >= 0.6 is 23.4 Å². The van der Waals surface area contributed by atoms with Crippen molar-refractivity contribution in [3.63, 3.8) is 0 Å². The lowest BCUT2D eigenvalue weighted by molar-refractivity contribution is 0.320. The van der Waals surface area contributed by atoms with E-state index in [0.717, 1.165) is 16.9 Å². The molecular formula is C13H20ClN3S. The zero-order valence-electron chi connectivity index (χ0n) is 11.2. The van der Waals surface area contributed by atoms with Gasteiger partial charge in [0, 0.05) is 19.2 Å². The number of thioether (sulfide) groups is 1. The van der Waals surface area contributed by atoms with Crippen LogP contribution in [0, 0.1) is 5.92 Å². The molecule has 5 heteroatoms. The predicted molar refractivity (Wildman–Crippen MR) is 78.6 cm³/mol. The van der Waals surface area contributed by atoms with Crippen LogP contribution < -0.4 is 4.90 Å². The van der Waals surface area contributed by atoms with E-state index in [1.165, 1.54) is 37.4 Å². The van der Waals surface area contributed by atoms with Crippen LogP contribution in [0.4, 0.5) is 5.82 Å². The number of halogens is 1. The number of hydrogen-bond acceptors (Lipinski definition) is 4. The van der Waals surface area contributed by atoms with Crippen molar-refractivity contribution in [3.05, 3.63) is 11.2 Å². The maximum Gasteiger partial charge on any atom is 0.190 e. The summed E-state index contributed by atoms with van der Waals surface area (Å²) in [5, 5.41) is 1.27. The highest BCUT2D eigenvalue weighted by molar-refractivity contribution is 7.98. The summed E-state index contributed by atoms with van der Waals surface area (Å²) in [6.07, 6.45) is 7.19. The fourth-order valence-electron chi connectivity index (χ4n) is 2.70. The van der Waals surface area contributed by atoms with Crippen molar-refractivity contribution < 1.29 is 0 Å². The second-order valence-corrected chi connectivity index (χ2v) is 6.14. The summed E-state index contributed by atoms with van der Waals surface area (Å²) in [6, 6.07) is 2.43. The molecule has 0 N–H and O–H groups in total. The fraction of sp³-hybridized carbons (Fsp3) is 0.692. The Kier molecular flexibility index (Phi) is 4.73. The summed E-state index contributed by atoms with van der Waals surface area (Å²) in [5.74, 6) is 1.66. The van der Waals surface area contributed by atoms with Gasteiger partial charge in [0.05, 0.1) is 0 Å². The Balaban J connectivity index is 2.21. The SMILES string of the molecule is CSc1nc(Cl)cc(N(C)C2CCCCC2C)n1. The Morgan fingerprint density at radius 3 is 2.72 bits per heavy atom. The van der Waals surface area contributed by atoms with Gasteiger partial charge in [-0.25, -0.2) is 9.97 Å². The summed E-state index contributed by atoms with van der Waals surface area (Å²) >= 11 is 7.59. The Hall–Kier alpha value is -0.480. The maximum atomic E-state index is 6.06. The molecule has 2 unspecified atom stereocenters. The van der Waals surface area contributed by atoms with Gasteiger partial charge in [-0.15, -0.1) is 0 Å². The first-order valence-electron chi connectivity index (χ1n) is 6.43. The molecule has 2 atom stereocenters. The first-order chi connectivity index (χ1) is 8.61. The van der Waals surface area contributed by atoms with Crippen LogP contribution in [0.25, 0.3) is 0 Å². The first-order valence-corrected chi connectivity index (χ1v) is 8.03. The van der Waals surface area contributed by atoms with Crippen molar-refractivity contribution in [2.75, 3.05) is 18.2 Å². The lowest BCUT2D eigenvalue weighted by Gasteiger charge is -2.37. The van der Waals surface area contributed by atoms with Gasteiger partial charge in [0.2, 0.25) is 0 Å². The summed E-state index contributed by atoms with van der Waals surface area (Å²) in [4.78, 5) is 11.0. The molecule has 1 fully saturated rings. The van der Waals surface area contributed by atoms with Gasteiger partial charge in [-0.1, -0.05) is 43.1 Å². The molecule has 1 aliphatic rings. The Morgan fingerprint density at radius 1 is 1.33 bits per heavy atom. The summed E-state index contributed by atoms with van der Waals surface area (Å²) < 4.78 is 0. The molecule has 0 bridgehead atoms. The number of rotatable bonds is 3. The van der Waals surface area contributed by atoms with E-state index < -0.39 is 0 Å². The van der Waals surface area contributed by atoms with Crippen molar-refractivity contribution in [1.82, 2.24) is 9.97 Å². The number of aromatic nitrogens is 2. The molecular weight excluding hydrogens is 266 g/mol. The molecule has 0 aliphatic heterocycles. The highest BCUT2D eigenvalue weighted by Gasteiger charge is 2.26. The van der Waals surface area contributed by atoms with Gasteiger partial charge in [0.15, 0.2) is 5.16 Å². The summed E-state index contributed by atoms with van der Waals surface area (Å²) in [7, 11) is 2.12. The lowest BCUT2D eigenvalue weighted by atomic mass is 9.85. The monoisotopic (exact) mass is 285 g/mol. The van der Waals surface area contributed by atoms with Gasteiger partial charge < -0.3 is 4.90 Å². The normalized spacial score (nSPS) is 24.0. The molecule has 2 rings (SSSR count). The zero-order valence-corrected chi connectivity index (χ0v) is 12.8. The molecule has 0 aromatic carbocycles. The van der Waals surface area contributed by atoms with Crippen LogP contribution in [0.5, 0.6) is 0 Å². The third kappa shape index (κ3) is 3.09. The van der Waals surface area contributed by atoms with Crippen molar-refractivity contribution in [1.29, 1.82) is 0 Å². The van der Waals surface area contributed by atoms with Crippen LogP contribution in [-0.4, -0.2) is 29.3 Å². The second-order valence-electron chi connectivity index (χ2n) is 4.98. The molecule has 0 spiro atoms. The van der Waals surface area contributed by atoms with E-state index in [0.29, 0.717) is 11.2 Å². The average Bonchev–Trinajstić information content (AvgIpc) is 2.37. The van der Waals surface area contributed by atoms with E-state index in [4.69, 9.17) is 11.6 Å². The molecule has 1 saturated carbocycles. The third-order valence-electron chi connectivity index (χ3n) is 3.77. The van der Waals surface area contributed by atoms with Gasteiger partial charge >= 0.3 is 0 Å². The van der Waals surface area contributed by atoms with E-state index in [2.05, 4.69) is 28.8 Å². The van der Waals surface area contributed by atoms with Crippen LogP contribution in [0.2, 0.25) is 5.15 Å². The Morgan fingerprint density at radius 2 is 2.06 bits per heavy atom. The Bertz CT molecular complexity index is 413. The summed E-state index contributed by atoms with van der Waals surface area (Å²) in [5.41, 5.74) is 0. The topological polar surface area (TPSA) is 29.0 Å². The molecule has 1 aliphatic carbocycles. The lowest BCUT2D eigenvalue weighted by Crippen LogP contribution is -2.39. The van der Waals surface area contributed by atoms with Gasteiger partial charge in [0.1, 0.15) is 11.0 Å². The number of anilines is 1. The number of hydrogen-bond donors (Lipinski definition) is 0. The third-order valence-corrected chi connectivity index (χ3v) is 4.51. The molecule has 1 aromatic rings. The van der Waals surface area contributed by atoms with Crippen LogP contribution in [0.1, 0.15) is 32.6 Å². The minimum atomic E-state index is 0.527. The molecule has 100 valence electrons. The molecule has 0 amide bonds. The van der Waals surface area contributed by atoms with E-state index in [-0.39, 0.29) is 0 Å². The average molecular weight is 286 g/mol. The smallest absolute Gasteiger partial charge is 0.190 e. The number of nitrogens with zero attached hydrogens (tertiary/aromatic N) is 3. The molecule has 1 heterocycles. The molecule has 3 nitrogen and oxygen atoms in total. The standard InChI is InChI=1S/C13H20ClN3S/c1-9-6-4-5-7-10(9)17(2)12-8-11(14)15-13(16-12)18-3/h8-10H,4-7H2,1-3H3. The van der Waals surface area contributed by atoms with Crippen LogP contribution in [0.3, 0.4) is 0 Å².